The Balaban J connectivity index is 1.14. The first-order chi connectivity index (χ1) is 19.5. The van der Waals surface area contributed by atoms with Crippen LogP contribution in [0.2, 0.25) is 0 Å². The largest absolute Gasteiger partial charge is 0.493 e. The molecule has 2 aromatic rings. The highest BCUT2D eigenvalue weighted by atomic mass is 19.1. The summed E-state index contributed by atoms with van der Waals surface area (Å²) in [6, 6.07) is 7.20. The Morgan fingerprint density at radius 1 is 1.20 bits per heavy atom. The number of halogens is 2. The monoisotopic (exact) mass is 557 g/mol. The van der Waals surface area contributed by atoms with Crippen LogP contribution in [0, 0.1) is 17.7 Å². The van der Waals surface area contributed by atoms with Crippen molar-refractivity contribution in [3.05, 3.63) is 53.0 Å². The molecule has 4 heterocycles. The molecule has 0 saturated carbocycles. The Hall–Kier alpha value is -2.78. The first kappa shape index (κ1) is 28.7. The van der Waals surface area contributed by atoms with Gasteiger partial charge in [0.05, 0.1) is 6.61 Å². The molecule has 0 bridgehead atoms. The first-order valence-electron chi connectivity index (χ1n) is 14.8. The van der Waals surface area contributed by atoms with Gasteiger partial charge in [-0.2, -0.15) is 0 Å². The van der Waals surface area contributed by atoms with Crippen LogP contribution in [0.5, 0.6) is 5.75 Å². The second kappa shape index (κ2) is 13.7. The molecule has 7 nitrogen and oxygen atoms in total. The number of hydrogen-bond acceptors (Lipinski definition) is 6. The number of hydrogen-bond donors (Lipinski definition) is 2. The number of carboxylic acids is 1. The smallest absolute Gasteiger partial charge is 0.325 e. The summed E-state index contributed by atoms with van der Waals surface area (Å²) in [7, 11) is 0. The lowest BCUT2D eigenvalue weighted by molar-refractivity contribution is -0.143. The van der Waals surface area contributed by atoms with E-state index >= 15 is 4.39 Å². The van der Waals surface area contributed by atoms with Crippen LogP contribution >= 0.6 is 0 Å². The second-order valence-electron chi connectivity index (χ2n) is 11.4. The van der Waals surface area contributed by atoms with Crippen LogP contribution in [0.4, 0.5) is 14.6 Å². The fourth-order valence-electron chi connectivity index (χ4n) is 6.21. The van der Waals surface area contributed by atoms with Crippen LogP contribution in [0.3, 0.4) is 0 Å². The van der Waals surface area contributed by atoms with Crippen molar-refractivity contribution in [2.75, 3.05) is 44.8 Å². The highest BCUT2D eigenvalue weighted by Crippen LogP contribution is 2.36. The predicted octanol–water partition coefficient (Wildman–Crippen LogP) is 5.58. The normalized spacial score (nSPS) is 21.4. The van der Waals surface area contributed by atoms with E-state index in [1.807, 2.05) is 0 Å². The maximum Gasteiger partial charge on any atom is 0.325 e. The maximum atomic E-state index is 15.3. The third kappa shape index (κ3) is 7.29. The zero-order valence-electron chi connectivity index (χ0n) is 23.1. The highest BCUT2D eigenvalue weighted by Gasteiger charge is 2.38. The average molecular weight is 558 g/mol. The summed E-state index contributed by atoms with van der Waals surface area (Å²) in [5, 5.41) is 13.5. The van der Waals surface area contributed by atoms with Crippen molar-refractivity contribution in [3.63, 3.8) is 0 Å². The number of aliphatic carboxylic acids is 1. The Morgan fingerprint density at radius 2 is 2.05 bits per heavy atom. The fraction of sp³-hybridized carbons (Fsp3) is 0.613. The number of nitrogens with zero attached hydrogens (tertiary/aromatic N) is 2. The molecule has 2 saturated heterocycles. The number of aryl methyl sites for hydroxylation is 2. The minimum atomic E-state index is -1.08. The minimum Gasteiger partial charge on any atom is -0.493 e. The van der Waals surface area contributed by atoms with E-state index in [4.69, 9.17) is 14.5 Å². The molecule has 40 heavy (non-hydrogen) atoms. The van der Waals surface area contributed by atoms with E-state index in [0.29, 0.717) is 63.0 Å². The molecule has 0 spiro atoms. The number of carbonyl (C=O) groups is 1. The molecule has 2 unspecified atom stereocenters. The summed E-state index contributed by atoms with van der Waals surface area (Å²) in [6.45, 7) is 3.53. The molecule has 9 heteroatoms. The topological polar surface area (TPSA) is 83.9 Å². The van der Waals surface area contributed by atoms with Gasteiger partial charge in [0, 0.05) is 43.5 Å². The average Bonchev–Trinajstić information content (AvgIpc) is 3.45. The van der Waals surface area contributed by atoms with E-state index in [9.17, 15) is 14.3 Å². The predicted molar refractivity (Wildman–Crippen MR) is 149 cm³/mol. The van der Waals surface area contributed by atoms with E-state index in [2.05, 4.69) is 17.4 Å². The Labute approximate surface area is 235 Å². The Bertz CT molecular complexity index is 1140. The van der Waals surface area contributed by atoms with Crippen molar-refractivity contribution < 1.29 is 28.2 Å². The van der Waals surface area contributed by atoms with Crippen molar-refractivity contribution in [3.8, 4) is 5.75 Å². The summed E-state index contributed by atoms with van der Waals surface area (Å²) < 4.78 is 41.0. The number of unbranched alkanes of at least 4 members (excludes halogenated alkanes) is 1. The third-order valence-electron chi connectivity index (χ3n) is 8.56. The van der Waals surface area contributed by atoms with Gasteiger partial charge in [0.25, 0.3) is 0 Å². The number of pyridine rings is 1. The van der Waals surface area contributed by atoms with Gasteiger partial charge in [-0.25, -0.2) is 13.8 Å². The number of carboxylic acid groups (broad SMARTS) is 1. The van der Waals surface area contributed by atoms with Crippen molar-refractivity contribution in [2.24, 2.45) is 11.8 Å². The van der Waals surface area contributed by atoms with E-state index in [1.165, 1.54) is 23.8 Å². The van der Waals surface area contributed by atoms with Gasteiger partial charge in [-0.15, -0.1) is 0 Å². The van der Waals surface area contributed by atoms with E-state index < -0.39 is 24.0 Å². The molecular weight excluding hydrogens is 516 g/mol. The van der Waals surface area contributed by atoms with Crippen LogP contribution in [-0.4, -0.2) is 66.6 Å². The third-order valence-corrected chi connectivity index (χ3v) is 8.56. The minimum absolute atomic E-state index is 0.243. The van der Waals surface area contributed by atoms with Gasteiger partial charge in [0.2, 0.25) is 0 Å². The van der Waals surface area contributed by atoms with E-state index in [-0.39, 0.29) is 5.92 Å². The Morgan fingerprint density at radius 3 is 2.88 bits per heavy atom. The summed E-state index contributed by atoms with van der Waals surface area (Å²) in [5.74, 6) is -0.146. The number of rotatable bonds is 12. The van der Waals surface area contributed by atoms with Gasteiger partial charge in [-0.3, -0.25) is 9.69 Å². The molecule has 1 aromatic carbocycles. The van der Waals surface area contributed by atoms with Crippen LogP contribution in [0.25, 0.3) is 0 Å². The zero-order chi connectivity index (χ0) is 27.9. The molecule has 0 aliphatic carbocycles. The fourth-order valence-corrected chi connectivity index (χ4v) is 6.21. The lowest BCUT2D eigenvalue weighted by Gasteiger charge is -2.28. The highest BCUT2D eigenvalue weighted by molar-refractivity contribution is 5.76. The van der Waals surface area contributed by atoms with Crippen molar-refractivity contribution in [2.45, 2.75) is 70.0 Å². The molecule has 0 radical (unpaired) electrons. The Kier molecular flexibility index (Phi) is 9.86. The number of fused-ring (bicyclic) bond motifs is 1. The van der Waals surface area contributed by atoms with Gasteiger partial charge in [0.1, 0.15) is 29.6 Å². The zero-order valence-corrected chi connectivity index (χ0v) is 23.1. The lowest BCUT2D eigenvalue weighted by atomic mass is 9.97. The number of benzene rings is 1. The van der Waals surface area contributed by atoms with Crippen molar-refractivity contribution >= 4 is 11.8 Å². The van der Waals surface area contributed by atoms with Crippen LogP contribution in [-0.2, 0) is 22.4 Å². The lowest BCUT2D eigenvalue weighted by Crippen LogP contribution is -2.34. The first-order valence-corrected chi connectivity index (χ1v) is 14.8. The van der Waals surface area contributed by atoms with Gasteiger partial charge < -0.3 is 19.9 Å². The number of aromatic nitrogens is 1. The van der Waals surface area contributed by atoms with Crippen LogP contribution in [0.1, 0.15) is 67.8 Å². The van der Waals surface area contributed by atoms with E-state index in [0.717, 1.165) is 63.0 Å². The number of anilines is 1. The second-order valence-corrected chi connectivity index (χ2v) is 11.4. The molecule has 2 N–H and O–H groups in total. The molecule has 1 aromatic heterocycles. The molecule has 3 aliphatic heterocycles. The molecule has 218 valence electrons. The van der Waals surface area contributed by atoms with Gasteiger partial charge in [0.15, 0.2) is 0 Å². The van der Waals surface area contributed by atoms with Crippen LogP contribution in [0.15, 0.2) is 30.3 Å². The maximum absolute atomic E-state index is 15.3. The molecular formula is C31H41F2N3O4. The number of ether oxygens (including phenoxy) is 2. The van der Waals surface area contributed by atoms with Gasteiger partial charge >= 0.3 is 5.97 Å². The van der Waals surface area contributed by atoms with Crippen molar-refractivity contribution in [1.29, 1.82) is 0 Å². The van der Waals surface area contributed by atoms with Crippen molar-refractivity contribution in [1.82, 2.24) is 9.88 Å². The summed E-state index contributed by atoms with van der Waals surface area (Å²) >= 11 is 0. The summed E-state index contributed by atoms with van der Waals surface area (Å²) in [4.78, 5) is 18.9. The molecule has 5 rings (SSSR count). The van der Waals surface area contributed by atoms with Gasteiger partial charge in [-0.1, -0.05) is 12.5 Å². The molecule has 3 aliphatic rings. The quantitative estimate of drug-likeness (QED) is 0.330. The molecule has 0 amide bonds. The SMILES string of the molecule is O=C(O)C(c1cc(F)ccc1OCC1CCOCC1)N1CC[C@@H](C(F)CCCCc2ccc3c(n2)NCCC3)C1. The molecule has 3 atom stereocenters. The standard InChI is InChI=1S/C31H41F2N3O4/c32-24-8-10-28(40-20-21-12-16-39-17-13-21)26(18-24)29(31(37)38)36-15-11-23(19-36)27(33)6-2-1-5-25-9-7-22-4-3-14-34-30(22)35-25/h7-10,18,21,23,27,29H,1-6,11-17,19-20H2,(H,34,35)(H,37,38)/t23-,27?,29?/m1/s1. The summed E-state index contributed by atoms with van der Waals surface area (Å²) in [6.07, 6.45) is 6.39. The molecule has 2 fully saturated rings. The summed E-state index contributed by atoms with van der Waals surface area (Å²) in [5.41, 5.74) is 2.59. The van der Waals surface area contributed by atoms with E-state index in [1.54, 1.807) is 4.90 Å². The number of alkyl halides is 1. The number of likely N-dealkylation sites (tertiary alicyclic amines) is 1. The van der Waals surface area contributed by atoms with Gasteiger partial charge in [-0.05, 0) is 93.7 Å². The van der Waals surface area contributed by atoms with Crippen LogP contribution < -0.4 is 10.1 Å². The number of nitrogens with one attached hydrogen (secondary N) is 1.